The molecule has 0 aromatic heterocycles. The highest BCUT2D eigenvalue weighted by atomic mass is 16.7. The van der Waals surface area contributed by atoms with Crippen molar-refractivity contribution >= 4 is 11.8 Å². The topological polar surface area (TPSA) is 61.8 Å². The number of carbonyl (C=O) groups excluding carboxylic acids is 2. The van der Waals surface area contributed by atoms with Crippen LogP contribution >= 0.6 is 0 Å². The minimum Gasteiger partial charge on any atom is -0.461 e. The van der Waals surface area contributed by atoms with E-state index in [1.807, 2.05) is 0 Å². The molecule has 0 aromatic rings. The van der Waals surface area contributed by atoms with Crippen LogP contribution in [0, 0.1) is 22.7 Å². The molecule has 0 N–H and O–H groups in total. The molecule has 2 aliphatic heterocycles. The number of rotatable bonds is 2. The maximum Gasteiger partial charge on any atom is 0.320 e. The standard InChI is InChI=1S/C21H26O5/c1-3-6-20-12-15(26-18(20)23)16-14(17(20)22)5-4-13-11-21(24-9-10-25-21)8-7-19(13,16)2/h3-4,14-16H,1,5-12H2,2H3/t14-,15+,16-,19+,20-/m0/s1. The van der Waals surface area contributed by atoms with Gasteiger partial charge in [-0.05, 0) is 24.7 Å². The summed E-state index contributed by atoms with van der Waals surface area (Å²) in [5.74, 6) is -0.796. The average Bonchev–Trinajstić information content (AvgIpc) is 3.18. The maximum absolute atomic E-state index is 13.4. The van der Waals surface area contributed by atoms with Crippen LogP contribution in [0.3, 0.4) is 0 Å². The summed E-state index contributed by atoms with van der Waals surface area (Å²) in [5, 5.41) is 0. The molecule has 3 aliphatic carbocycles. The molecule has 4 fully saturated rings. The van der Waals surface area contributed by atoms with Gasteiger partial charge in [-0.15, -0.1) is 6.58 Å². The fourth-order valence-electron chi connectivity index (χ4n) is 6.41. The Morgan fingerprint density at radius 2 is 2.04 bits per heavy atom. The molecule has 5 nitrogen and oxygen atoms in total. The Kier molecular flexibility index (Phi) is 3.40. The number of hydrogen-bond donors (Lipinski definition) is 0. The minimum atomic E-state index is -0.983. The van der Waals surface area contributed by atoms with Crippen molar-refractivity contribution < 1.29 is 23.8 Å². The van der Waals surface area contributed by atoms with Crippen LogP contribution in [-0.4, -0.2) is 36.9 Å². The first-order valence-corrected chi connectivity index (χ1v) is 9.78. The van der Waals surface area contributed by atoms with Gasteiger partial charge in [-0.25, -0.2) is 0 Å². The number of esters is 1. The summed E-state index contributed by atoms with van der Waals surface area (Å²) in [6.45, 7) is 7.31. The molecule has 5 heteroatoms. The van der Waals surface area contributed by atoms with E-state index in [2.05, 4.69) is 19.6 Å². The number of fused-ring (bicyclic) bond motifs is 6. The predicted octanol–water partition coefficient (Wildman–Crippen LogP) is 2.94. The van der Waals surface area contributed by atoms with Gasteiger partial charge in [-0.2, -0.15) is 0 Å². The number of ketones is 1. The highest BCUT2D eigenvalue weighted by Gasteiger charge is 2.68. The number of ether oxygens (including phenoxy) is 3. The molecule has 0 amide bonds. The first-order chi connectivity index (χ1) is 12.4. The second-order valence-corrected chi connectivity index (χ2v) is 8.89. The van der Waals surface area contributed by atoms with Crippen LogP contribution in [0.2, 0.25) is 0 Å². The van der Waals surface area contributed by atoms with Crippen LogP contribution in [0.5, 0.6) is 0 Å². The smallest absolute Gasteiger partial charge is 0.320 e. The molecule has 2 heterocycles. The van der Waals surface area contributed by atoms with Gasteiger partial charge >= 0.3 is 5.97 Å². The lowest BCUT2D eigenvalue weighted by atomic mass is 9.49. The van der Waals surface area contributed by atoms with E-state index >= 15 is 0 Å². The lowest BCUT2D eigenvalue weighted by Crippen LogP contribution is -2.56. The van der Waals surface area contributed by atoms with Gasteiger partial charge in [-0.3, -0.25) is 9.59 Å². The monoisotopic (exact) mass is 358 g/mol. The van der Waals surface area contributed by atoms with Gasteiger partial charge in [0.1, 0.15) is 11.5 Å². The van der Waals surface area contributed by atoms with E-state index in [9.17, 15) is 9.59 Å². The Labute approximate surface area is 153 Å². The Bertz CT molecular complexity index is 718. The van der Waals surface area contributed by atoms with Gasteiger partial charge in [0.2, 0.25) is 0 Å². The fraction of sp³-hybridized carbons (Fsp3) is 0.714. The van der Waals surface area contributed by atoms with Crippen LogP contribution in [0.4, 0.5) is 0 Å². The predicted molar refractivity (Wildman–Crippen MR) is 93.0 cm³/mol. The molecule has 0 unspecified atom stereocenters. The number of allylic oxidation sites excluding steroid dienone is 2. The number of hydrogen-bond acceptors (Lipinski definition) is 5. The highest BCUT2D eigenvalue weighted by Crippen LogP contribution is 2.63. The highest BCUT2D eigenvalue weighted by molar-refractivity contribution is 6.07. The Morgan fingerprint density at radius 3 is 2.77 bits per heavy atom. The molecule has 2 bridgehead atoms. The lowest BCUT2D eigenvalue weighted by Gasteiger charge is -2.54. The van der Waals surface area contributed by atoms with E-state index in [0.29, 0.717) is 32.5 Å². The Balaban J connectivity index is 1.52. The van der Waals surface area contributed by atoms with E-state index in [1.165, 1.54) is 5.57 Å². The zero-order valence-corrected chi connectivity index (χ0v) is 15.3. The largest absolute Gasteiger partial charge is 0.461 e. The fourth-order valence-corrected chi connectivity index (χ4v) is 6.41. The van der Waals surface area contributed by atoms with E-state index in [-0.39, 0.29) is 35.1 Å². The van der Waals surface area contributed by atoms with Gasteiger partial charge in [-0.1, -0.05) is 24.6 Å². The molecular weight excluding hydrogens is 332 g/mol. The third-order valence-corrected chi connectivity index (χ3v) is 7.72. The Morgan fingerprint density at radius 1 is 1.27 bits per heavy atom. The molecule has 0 aromatic carbocycles. The first-order valence-electron chi connectivity index (χ1n) is 9.78. The van der Waals surface area contributed by atoms with E-state index < -0.39 is 11.2 Å². The van der Waals surface area contributed by atoms with Gasteiger partial charge < -0.3 is 14.2 Å². The van der Waals surface area contributed by atoms with Gasteiger partial charge in [0.15, 0.2) is 11.6 Å². The van der Waals surface area contributed by atoms with Crippen molar-refractivity contribution in [3.8, 4) is 0 Å². The summed E-state index contributed by atoms with van der Waals surface area (Å²) >= 11 is 0. The summed E-state index contributed by atoms with van der Waals surface area (Å²) in [6.07, 6.45) is 7.83. The summed E-state index contributed by atoms with van der Waals surface area (Å²) in [4.78, 5) is 26.0. The zero-order valence-electron chi connectivity index (χ0n) is 15.3. The summed E-state index contributed by atoms with van der Waals surface area (Å²) in [7, 11) is 0. The van der Waals surface area contributed by atoms with Crippen molar-refractivity contribution in [1.82, 2.24) is 0 Å². The number of Topliss-reactive ketones (excluding diaryl/α,β-unsaturated/α-hetero) is 1. The summed E-state index contributed by atoms with van der Waals surface area (Å²) in [6, 6.07) is 0. The molecule has 0 radical (unpaired) electrons. The number of carbonyl (C=O) groups is 2. The van der Waals surface area contributed by atoms with Crippen molar-refractivity contribution in [3.05, 3.63) is 24.3 Å². The normalized spacial score (nSPS) is 45.7. The van der Waals surface area contributed by atoms with Gasteiger partial charge in [0.05, 0.1) is 13.2 Å². The second-order valence-electron chi connectivity index (χ2n) is 8.89. The van der Waals surface area contributed by atoms with Crippen LogP contribution in [0.25, 0.3) is 0 Å². The Hall–Kier alpha value is -1.46. The molecular formula is C21H26O5. The molecule has 2 saturated heterocycles. The van der Waals surface area contributed by atoms with Crippen LogP contribution in [0.1, 0.15) is 45.4 Å². The zero-order chi connectivity index (χ0) is 18.2. The SMILES string of the molecule is C=CC[C@@]12C[C@@H](OC1=O)[C@@H]1[C@H](CC=C3CC4(CC[C@]31C)OCCO4)C2=O. The van der Waals surface area contributed by atoms with Crippen molar-refractivity contribution in [2.45, 2.75) is 57.3 Å². The lowest BCUT2D eigenvalue weighted by molar-refractivity contribution is -0.186. The molecule has 26 heavy (non-hydrogen) atoms. The van der Waals surface area contributed by atoms with Crippen LogP contribution in [-0.2, 0) is 23.8 Å². The first kappa shape index (κ1) is 16.7. The van der Waals surface area contributed by atoms with Crippen molar-refractivity contribution in [3.63, 3.8) is 0 Å². The molecule has 5 aliphatic rings. The summed E-state index contributed by atoms with van der Waals surface area (Å²) < 4.78 is 17.7. The minimum absolute atomic E-state index is 0.0677. The molecule has 5 atom stereocenters. The van der Waals surface area contributed by atoms with Crippen molar-refractivity contribution in [2.24, 2.45) is 22.7 Å². The maximum atomic E-state index is 13.4. The molecule has 5 rings (SSSR count). The molecule has 140 valence electrons. The van der Waals surface area contributed by atoms with Crippen LogP contribution < -0.4 is 0 Å². The van der Waals surface area contributed by atoms with Crippen LogP contribution in [0.15, 0.2) is 24.3 Å². The second kappa shape index (κ2) is 5.29. The molecule has 2 saturated carbocycles. The van der Waals surface area contributed by atoms with E-state index in [1.54, 1.807) is 6.08 Å². The van der Waals surface area contributed by atoms with Crippen molar-refractivity contribution in [1.29, 1.82) is 0 Å². The molecule has 1 spiro atoms. The van der Waals surface area contributed by atoms with E-state index in [4.69, 9.17) is 14.2 Å². The van der Waals surface area contributed by atoms with E-state index in [0.717, 1.165) is 19.3 Å². The van der Waals surface area contributed by atoms with Crippen molar-refractivity contribution in [2.75, 3.05) is 13.2 Å². The van der Waals surface area contributed by atoms with Gasteiger partial charge in [0, 0.05) is 31.1 Å². The average molecular weight is 358 g/mol. The summed E-state index contributed by atoms with van der Waals surface area (Å²) in [5.41, 5.74) is 0.205. The third kappa shape index (κ3) is 1.93. The third-order valence-electron chi connectivity index (χ3n) is 7.72. The quantitative estimate of drug-likeness (QED) is 0.431. The van der Waals surface area contributed by atoms with Gasteiger partial charge in [0.25, 0.3) is 0 Å².